The van der Waals surface area contributed by atoms with Crippen LogP contribution in [0.1, 0.15) is 6.42 Å². The van der Waals surface area contributed by atoms with Crippen LogP contribution in [0.3, 0.4) is 0 Å². The Kier molecular flexibility index (Phi) is 5.43. The van der Waals surface area contributed by atoms with E-state index >= 15 is 0 Å². The Morgan fingerprint density at radius 2 is 2.10 bits per heavy atom. The fraction of sp³-hybridized carbons (Fsp3) is 0.455. The summed E-state index contributed by atoms with van der Waals surface area (Å²) in [5.74, 6) is 0. The van der Waals surface area contributed by atoms with Crippen molar-refractivity contribution in [3.8, 4) is 0 Å². The van der Waals surface area contributed by atoms with Crippen molar-refractivity contribution in [2.75, 3.05) is 33.0 Å². The summed E-state index contributed by atoms with van der Waals surface area (Å²) in [6.45, 7) is 0.598. The number of nitro benzene ring substituents is 1. The summed E-state index contributed by atoms with van der Waals surface area (Å²) in [7, 11) is -1.09. The monoisotopic (exact) mass is 303 g/mol. The molecule has 2 N–H and O–H groups in total. The smallest absolute Gasteiger partial charge is 0.289 e. The second-order valence-electron chi connectivity index (χ2n) is 4.16. The lowest BCUT2D eigenvalue weighted by molar-refractivity contribution is -0.387. The summed E-state index contributed by atoms with van der Waals surface area (Å²) >= 11 is 0. The third-order valence-electron chi connectivity index (χ3n) is 2.69. The first kappa shape index (κ1) is 16.3. The second kappa shape index (κ2) is 6.64. The fourth-order valence-electron chi connectivity index (χ4n) is 1.61. The predicted molar refractivity (Wildman–Crippen MR) is 73.8 cm³/mol. The number of hydrogen-bond acceptors (Lipinski definition) is 6. The van der Waals surface area contributed by atoms with Crippen molar-refractivity contribution in [3.05, 3.63) is 28.3 Å². The number of sulfonamides is 1. The molecule has 0 aliphatic heterocycles. The molecule has 0 heterocycles. The van der Waals surface area contributed by atoms with Crippen LogP contribution < -0.4 is 5.73 Å². The van der Waals surface area contributed by atoms with Gasteiger partial charge in [0.15, 0.2) is 4.90 Å². The van der Waals surface area contributed by atoms with Gasteiger partial charge >= 0.3 is 0 Å². The van der Waals surface area contributed by atoms with E-state index in [1.165, 1.54) is 20.2 Å². The Morgan fingerprint density at radius 3 is 2.65 bits per heavy atom. The summed E-state index contributed by atoms with van der Waals surface area (Å²) in [5.41, 5.74) is 5.18. The topological polar surface area (TPSA) is 116 Å². The Hall–Kier alpha value is -1.71. The molecule has 112 valence electrons. The molecule has 20 heavy (non-hydrogen) atoms. The minimum absolute atomic E-state index is 0.152. The van der Waals surface area contributed by atoms with Crippen LogP contribution in [0.2, 0.25) is 0 Å². The van der Waals surface area contributed by atoms with E-state index < -0.39 is 25.5 Å². The number of hydrogen-bond donors (Lipinski definition) is 1. The molecule has 0 amide bonds. The number of methoxy groups -OCH3 is 1. The first-order valence-electron chi connectivity index (χ1n) is 5.80. The van der Waals surface area contributed by atoms with E-state index in [-0.39, 0.29) is 12.2 Å². The van der Waals surface area contributed by atoms with Crippen LogP contribution in [0.5, 0.6) is 0 Å². The van der Waals surface area contributed by atoms with Gasteiger partial charge in [0.25, 0.3) is 5.69 Å². The van der Waals surface area contributed by atoms with Crippen molar-refractivity contribution >= 4 is 21.4 Å². The first-order chi connectivity index (χ1) is 9.30. The molecular weight excluding hydrogens is 286 g/mol. The highest BCUT2D eigenvalue weighted by atomic mass is 32.2. The average Bonchev–Trinajstić information content (AvgIpc) is 2.38. The number of rotatable bonds is 7. The van der Waals surface area contributed by atoms with Crippen molar-refractivity contribution in [2.45, 2.75) is 11.3 Å². The quantitative estimate of drug-likeness (QED) is 0.345. The number of benzene rings is 1. The fourth-order valence-corrected chi connectivity index (χ4v) is 3.00. The van der Waals surface area contributed by atoms with Crippen LogP contribution in [0.4, 0.5) is 11.4 Å². The molecule has 1 aromatic carbocycles. The van der Waals surface area contributed by atoms with Crippen LogP contribution in [0.15, 0.2) is 23.1 Å². The lowest BCUT2D eigenvalue weighted by Crippen LogP contribution is -2.29. The largest absolute Gasteiger partial charge is 0.399 e. The molecule has 1 aromatic rings. The maximum Gasteiger partial charge on any atom is 0.289 e. The molecule has 0 unspecified atom stereocenters. The van der Waals surface area contributed by atoms with E-state index in [0.717, 1.165) is 16.4 Å². The van der Waals surface area contributed by atoms with Gasteiger partial charge < -0.3 is 10.5 Å². The van der Waals surface area contributed by atoms with Gasteiger partial charge in [0.1, 0.15) is 0 Å². The van der Waals surface area contributed by atoms with Crippen LogP contribution in [-0.4, -0.2) is 45.0 Å². The molecular formula is C11H17N3O5S. The Balaban J connectivity index is 3.14. The Labute approximate surface area is 117 Å². The molecule has 0 aliphatic rings. The molecule has 0 atom stereocenters. The van der Waals surface area contributed by atoms with Crippen molar-refractivity contribution in [2.24, 2.45) is 0 Å². The minimum Gasteiger partial charge on any atom is -0.399 e. The summed E-state index contributed by atoms with van der Waals surface area (Å²) in [4.78, 5) is 9.78. The minimum atomic E-state index is -3.96. The zero-order valence-electron chi connectivity index (χ0n) is 11.3. The van der Waals surface area contributed by atoms with E-state index in [1.54, 1.807) is 0 Å². The molecule has 0 aromatic heterocycles. The maximum absolute atomic E-state index is 12.3. The zero-order chi connectivity index (χ0) is 15.3. The molecule has 0 fully saturated rings. The number of nitrogens with zero attached hydrogens (tertiary/aromatic N) is 2. The van der Waals surface area contributed by atoms with Crippen LogP contribution in [0, 0.1) is 10.1 Å². The predicted octanol–water partition coefficient (Wildman–Crippen LogP) is 0.834. The maximum atomic E-state index is 12.3. The van der Waals surface area contributed by atoms with Gasteiger partial charge in [-0.05, 0) is 18.6 Å². The molecule has 1 rings (SSSR count). The molecule has 0 saturated heterocycles. The van der Waals surface area contributed by atoms with Crippen molar-refractivity contribution in [1.29, 1.82) is 0 Å². The summed E-state index contributed by atoms with van der Waals surface area (Å²) in [5, 5.41) is 10.9. The number of ether oxygens (including phenoxy) is 1. The van der Waals surface area contributed by atoms with E-state index in [9.17, 15) is 18.5 Å². The highest BCUT2D eigenvalue weighted by molar-refractivity contribution is 7.89. The van der Waals surface area contributed by atoms with Gasteiger partial charge in [-0.2, -0.15) is 0 Å². The van der Waals surface area contributed by atoms with E-state index in [1.807, 2.05) is 0 Å². The molecule has 0 bridgehead atoms. The Morgan fingerprint density at radius 1 is 1.45 bits per heavy atom. The van der Waals surface area contributed by atoms with Crippen LogP contribution in [-0.2, 0) is 14.8 Å². The summed E-state index contributed by atoms with van der Waals surface area (Å²) in [6, 6.07) is 3.48. The van der Waals surface area contributed by atoms with Crippen LogP contribution in [0.25, 0.3) is 0 Å². The van der Waals surface area contributed by atoms with Gasteiger partial charge in [0.05, 0.1) is 4.92 Å². The molecule has 0 aliphatic carbocycles. The zero-order valence-corrected chi connectivity index (χ0v) is 12.1. The van der Waals surface area contributed by atoms with Crippen molar-refractivity contribution < 1.29 is 18.1 Å². The van der Waals surface area contributed by atoms with E-state index in [0.29, 0.717) is 13.0 Å². The van der Waals surface area contributed by atoms with Gasteiger partial charge in [-0.1, -0.05) is 0 Å². The van der Waals surface area contributed by atoms with Gasteiger partial charge in [0.2, 0.25) is 10.0 Å². The summed E-state index contributed by atoms with van der Waals surface area (Å²) in [6.07, 6.45) is 0.488. The molecule has 0 spiro atoms. The Bertz CT molecular complexity index is 588. The number of nitrogens with two attached hydrogens (primary N) is 1. The first-order valence-corrected chi connectivity index (χ1v) is 7.24. The van der Waals surface area contributed by atoms with Gasteiger partial charge in [-0.15, -0.1) is 0 Å². The van der Waals surface area contributed by atoms with Crippen molar-refractivity contribution in [1.82, 2.24) is 4.31 Å². The number of anilines is 1. The molecule has 9 heteroatoms. The highest BCUT2D eigenvalue weighted by Gasteiger charge is 2.29. The molecule has 8 nitrogen and oxygen atoms in total. The SMILES string of the molecule is COCCCN(C)S(=O)(=O)c1cc(N)ccc1[N+](=O)[O-]. The lowest BCUT2D eigenvalue weighted by Gasteiger charge is -2.17. The van der Waals surface area contributed by atoms with Crippen molar-refractivity contribution in [3.63, 3.8) is 0 Å². The average molecular weight is 303 g/mol. The van der Waals surface area contributed by atoms with Gasteiger partial charge in [-0.3, -0.25) is 10.1 Å². The number of nitrogen functional groups attached to an aromatic ring is 1. The molecule has 0 saturated carbocycles. The highest BCUT2D eigenvalue weighted by Crippen LogP contribution is 2.28. The lowest BCUT2D eigenvalue weighted by atomic mass is 10.3. The van der Waals surface area contributed by atoms with Gasteiger partial charge in [0, 0.05) is 39.1 Å². The van der Waals surface area contributed by atoms with E-state index in [2.05, 4.69) is 0 Å². The van der Waals surface area contributed by atoms with Gasteiger partial charge in [-0.25, -0.2) is 12.7 Å². The standard InChI is InChI=1S/C11H17N3O5S/c1-13(6-3-7-19-2)20(17,18)11-8-9(12)4-5-10(11)14(15)16/h4-5,8H,3,6-7,12H2,1-2H3. The molecule has 0 radical (unpaired) electrons. The third-order valence-corrected chi connectivity index (χ3v) is 4.58. The van der Waals surface area contributed by atoms with Crippen LogP contribution >= 0.6 is 0 Å². The second-order valence-corrected chi connectivity index (χ2v) is 6.17. The third kappa shape index (κ3) is 3.65. The normalized spacial score (nSPS) is 11.8. The number of nitro groups is 1. The van der Waals surface area contributed by atoms with E-state index in [4.69, 9.17) is 10.5 Å². The summed E-state index contributed by atoms with van der Waals surface area (Å²) < 4.78 is 30.5.